The Bertz CT molecular complexity index is 417. The van der Waals surface area contributed by atoms with Crippen LogP contribution < -0.4 is 4.46 Å². The number of benzene rings is 1. The van der Waals surface area contributed by atoms with Crippen LogP contribution in [0.5, 0.6) is 0 Å². The summed E-state index contributed by atoms with van der Waals surface area (Å²) >= 11 is 0.400. The quantitative estimate of drug-likeness (QED) is 0.280. The van der Waals surface area contributed by atoms with E-state index in [0.29, 0.717) is 21.6 Å². The molecule has 0 heterocycles. The summed E-state index contributed by atoms with van der Waals surface area (Å²) in [6.45, 7) is 4.35. The molecule has 0 N–H and O–H groups in total. The Morgan fingerprint density at radius 2 is 2.05 bits per heavy atom. The van der Waals surface area contributed by atoms with Gasteiger partial charge in [0, 0.05) is 0 Å². The van der Waals surface area contributed by atoms with Gasteiger partial charge >= 0.3 is 133 Å². The summed E-state index contributed by atoms with van der Waals surface area (Å²) in [5.74, 6) is -0.347. The zero-order valence-corrected chi connectivity index (χ0v) is 14.5. The fourth-order valence-electron chi connectivity index (χ4n) is 1.72. The van der Waals surface area contributed by atoms with E-state index in [4.69, 9.17) is 9.47 Å². The number of carbonyl (C=O) groups excluding carboxylic acids is 1. The average molecular weight is 355 g/mol. The minimum absolute atomic E-state index is 0.177. The van der Waals surface area contributed by atoms with E-state index in [2.05, 4.69) is 31.2 Å². The van der Waals surface area contributed by atoms with Gasteiger partial charge in [-0.3, -0.25) is 0 Å². The number of unbranched alkanes of at least 4 members (excludes halogenated alkanes) is 1. The van der Waals surface area contributed by atoms with Gasteiger partial charge in [0.15, 0.2) is 0 Å². The summed E-state index contributed by atoms with van der Waals surface area (Å²) in [5.41, 5.74) is 0. The first-order valence-electron chi connectivity index (χ1n) is 7.42. The van der Waals surface area contributed by atoms with Crippen LogP contribution in [0.4, 0.5) is 0 Å². The molecule has 4 heteroatoms. The van der Waals surface area contributed by atoms with Gasteiger partial charge in [0.1, 0.15) is 0 Å². The van der Waals surface area contributed by atoms with Crippen LogP contribution in [0, 0.1) is 0 Å². The van der Waals surface area contributed by atoms with Gasteiger partial charge < -0.3 is 0 Å². The van der Waals surface area contributed by atoms with E-state index in [-0.39, 0.29) is 12.1 Å². The molecule has 0 radical (unpaired) electrons. The second-order valence-corrected chi connectivity index (χ2v) is 6.87. The van der Waals surface area contributed by atoms with E-state index in [0.717, 1.165) is 24.6 Å². The van der Waals surface area contributed by atoms with Crippen molar-refractivity contribution in [2.75, 3.05) is 6.61 Å². The van der Waals surface area contributed by atoms with Crippen LogP contribution in [-0.2, 0) is 14.3 Å². The van der Waals surface area contributed by atoms with Crippen molar-refractivity contribution in [1.82, 2.24) is 0 Å². The maximum absolute atomic E-state index is 11.2. The maximum atomic E-state index is 11.2. The Labute approximate surface area is 133 Å². The molecule has 1 rings (SSSR count). The second kappa shape index (κ2) is 11.4. The Balaban J connectivity index is 2.41. The molecule has 0 spiro atoms. The molecule has 21 heavy (non-hydrogen) atoms. The molecule has 0 fully saturated rings. The molecule has 1 aromatic carbocycles. The number of esters is 1. The molecule has 1 unspecified atom stereocenters. The van der Waals surface area contributed by atoms with Gasteiger partial charge in [0.25, 0.3) is 0 Å². The molecule has 3 nitrogen and oxygen atoms in total. The molecule has 0 aromatic heterocycles. The molecule has 116 valence electrons. The molecular weight excluding hydrogens is 331 g/mol. The zero-order valence-electron chi connectivity index (χ0n) is 12.8. The average Bonchev–Trinajstić information content (AvgIpc) is 2.50. The predicted molar refractivity (Wildman–Crippen MR) is 86.8 cm³/mol. The van der Waals surface area contributed by atoms with Crippen molar-refractivity contribution in [1.29, 1.82) is 0 Å². The van der Waals surface area contributed by atoms with E-state index in [1.165, 1.54) is 16.8 Å². The number of ether oxygens (including phenoxy) is 2. The molecule has 0 amide bonds. The van der Waals surface area contributed by atoms with Crippen LogP contribution in [0.3, 0.4) is 0 Å². The van der Waals surface area contributed by atoms with E-state index in [1.807, 2.05) is 6.07 Å². The normalized spacial score (nSPS) is 12.3. The van der Waals surface area contributed by atoms with Crippen molar-refractivity contribution >= 4 is 25.4 Å². The van der Waals surface area contributed by atoms with Gasteiger partial charge in [-0.15, -0.1) is 0 Å². The van der Waals surface area contributed by atoms with Crippen LogP contribution >= 0.6 is 0 Å². The summed E-state index contributed by atoms with van der Waals surface area (Å²) in [6, 6.07) is 10.5. The number of rotatable bonds is 10. The molecular formula is C17H24O3Se. The SMILES string of the molecule is CCCCC(C[Se]c1ccccc1)O/C=C/C(=O)OCC. The molecule has 0 bridgehead atoms. The van der Waals surface area contributed by atoms with Crippen molar-refractivity contribution in [3.05, 3.63) is 42.7 Å². The monoisotopic (exact) mass is 356 g/mol. The van der Waals surface area contributed by atoms with Gasteiger partial charge in [0.05, 0.1) is 0 Å². The molecule has 1 atom stereocenters. The van der Waals surface area contributed by atoms with E-state index in [9.17, 15) is 4.79 Å². The third-order valence-corrected chi connectivity index (χ3v) is 5.22. The van der Waals surface area contributed by atoms with E-state index >= 15 is 0 Å². The van der Waals surface area contributed by atoms with Gasteiger partial charge in [0.2, 0.25) is 0 Å². The summed E-state index contributed by atoms with van der Waals surface area (Å²) < 4.78 is 11.9. The molecule has 0 aliphatic rings. The van der Waals surface area contributed by atoms with Crippen molar-refractivity contribution in [2.45, 2.75) is 44.5 Å². The molecule has 0 aliphatic carbocycles. The van der Waals surface area contributed by atoms with E-state index in [1.54, 1.807) is 6.92 Å². The van der Waals surface area contributed by atoms with Gasteiger partial charge in [-0.1, -0.05) is 0 Å². The topological polar surface area (TPSA) is 35.5 Å². The van der Waals surface area contributed by atoms with Crippen molar-refractivity contribution < 1.29 is 14.3 Å². The Hall–Kier alpha value is -1.25. The van der Waals surface area contributed by atoms with Gasteiger partial charge in [-0.25, -0.2) is 0 Å². The first kappa shape index (κ1) is 17.8. The van der Waals surface area contributed by atoms with Crippen LogP contribution in [0.25, 0.3) is 0 Å². The zero-order chi connectivity index (χ0) is 15.3. The summed E-state index contributed by atoms with van der Waals surface area (Å²) in [5, 5.41) is 1.02. The fraction of sp³-hybridized carbons (Fsp3) is 0.471. The molecule has 0 saturated carbocycles. The number of hydrogen-bond donors (Lipinski definition) is 0. The van der Waals surface area contributed by atoms with Crippen molar-refractivity contribution in [3.8, 4) is 0 Å². The van der Waals surface area contributed by atoms with Gasteiger partial charge in [-0.2, -0.15) is 0 Å². The third-order valence-electron chi connectivity index (χ3n) is 2.82. The number of carbonyl (C=O) groups is 1. The van der Waals surface area contributed by atoms with Crippen LogP contribution in [0.2, 0.25) is 5.32 Å². The summed E-state index contributed by atoms with van der Waals surface area (Å²) in [4.78, 5) is 11.2. The van der Waals surface area contributed by atoms with Gasteiger partial charge in [-0.05, 0) is 0 Å². The first-order chi connectivity index (χ1) is 10.3. The fourth-order valence-corrected chi connectivity index (χ4v) is 3.77. The predicted octanol–water partition coefficient (Wildman–Crippen LogP) is 3.09. The van der Waals surface area contributed by atoms with Crippen molar-refractivity contribution in [3.63, 3.8) is 0 Å². The Kier molecular flexibility index (Phi) is 9.67. The summed E-state index contributed by atoms with van der Waals surface area (Å²) in [6.07, 6.45) is 6.34. The standard InChI is InChI=1S/C17H24O3Se/c1-3-5-9-15(20-13-12-17(18)19-4-2)14-21-16-10-7-6-8-11-16/h6-8,10-13,15H,3-5,9,14H2,1-2H3/b13-12+. The van der Waals surface area contributed by atoms with Crippen LogP contribution in [-0.4, -0.2) is 33.6 Å². The Morgan fingerprint density at radius 1 is 1.29 bits per heavy atom. The minimum atomic E-state index is -0.347. The van der Waals surface area contributed by atoms with E-state index < -0.39 is 0 Å². The summed E-state index contributed by atoms with van der Waals surface area (Å²) in [7, 11) is 0. The second-order valence-electron chi connectivity index (χ2n) is 4.58. The van der Waals surface area contributed by atoms with Crippen LogP contribution in [0.15, 0.2) is 42.7 Å². The molecule has 0 aliphatic heterocycles. The Morgan fingerprint density at radius 3 is 2.71 bits per heavy atom. The third kappa shape index (κ3) is 8.59. The number of hydrogen-bond acceptors (Lipinski definition) is 3. The first-order valence-corrected chi connectivity index (χ1v) is 9.49. The van der Waals surface area contributed by atoms with Crippen molar-refractivity contribution in [2.24, 2.45) is 0 Å². The molecule has 0 saturated heterocycles. The van der Waals surface area contributed by atoms with Crippen LogP contribution in [0.1, 0.15) is 33.1 Å². The molecule has 1 aromatic rings.